The molecule has 2 rings (SSSR count). The smallest absolute Gasteiger partial charge is 0.0499 e. The van der Waals surface area contributed by atoms with Crippen LogP contribution in [0.25, 0.3) is 0 Å². The Morgan fingerprint density at radius 3 is 2.37 bits per heavy atom. The summed E-state index contributed by atoms with van der Waals surface area (Å²) < 4.78 is 0. The normalized spacial score (nSPS) is 28.7. The second-order valence-electron chi connectivity index (χ2n) is 7.05. The van der Waals surface area contributed by atoms with Crippen molar-refractivity contribution in [3.8, 4) is 0 Å². The van der Waals surface area contributed by atoms with Crippen molar-refractivity contribution in [3.05, 3.63) is 0 Å². The Morgan fingerprint density at radius 2 is 1.84 bits per heavy atom. The molecule has 1 aliphatic heterocycles. The predicted molar refractivity (Wildman–Crippen MR) is 80.4 cm³/mol. The minimum absolute atomic E-state index is 0.183. The van der Waals surface area contributed by atoms with Gasteiger partial charge in [-0.2, -0.15) is 0 Å². The second-order valence-corrected chi connectivity index (χ2v) is 7.05. The van der Waals surface area contributed by atoms with E-state index in [2.05, 4.69) is 23.9 Å². The molecule has 112 valence electrons. The van der Waals surface area contributed by atoms with E-state index >= 15 is 0 Å². The Bertz CT molecular complexity index is 261. The number of aliphatic hydroxyl groups is 1. The summed E-state index contributed by atoms with van der Waals surface area (Å²) in [6.45, 7) is 3.87. The van der Waals surface area contributed by atoms with Crippen LogP contribution in [0.5, 0.6) is 0 Å². The van der Waals surface area contributed by atoms with Crippen molar-refractivity contribution in [3.63, 3.8) is 0 Å². The van der Waals surface area contributed by atoms with Crippen molar-refractivity contribution < 1.29 is 5.11 Å². The van der Waals surface area contributed by atoms with E-state index in [0.29, 0.717) is 6.61 Å². The molecule has 3 nitrogen and oxygen atoms in total. The maximum atomic E-state index is 9.89. The van der Waals surface area contributed by atoms with Crippen LogP contribution < -0.4 is 0 Å². The summed E-state index contributed by atoms with van der Waals surface area (Å²) in [4.78, 5) is 4.98. The first-order valence-corrected chi connectivity index (χ1v) is 8.15. The van der Waals surface area contributed by atoms with Crippen LogP contribution in [-0.4, -0.2) is 61.3 Å². The summed E-state index contributed by atoms with van der Waals surface area (Å²) in [6.07, 6.45) is 10.4. The van der Waals surface area contributed by atoms with E-state index in [4.69, 9.17) is 0 Å². The van der Waals surface area contributed by atoms with E-state index < -0.39 is 0 Å². The van der Waals surface area contributed by atoms with Gasteiger partial charge in [-0.05, 0) is 46.3 Å². The summed E-state index contributed by atoms with van der Waals surface area (Å²) in [7, 11) is 4.49. The molecule has 1 saturated heterocycles. The van der Waals surface area contributed by atoms with Crippen molar-refractivity contribution in [2.75, 3.05) is 40.3 Å². The number of hydrogen-bond acceptors (Lipinski definition) is 3. The molecular weight excluding hydrogens is 236 g/mol. The molecule has 1 unspecified atom stereocenters. The number of hydrogen-bond donors (Lipinski definition) is 1. The zero-order valence-corrected chi connectivity index (χ0v) is 12.9. The lowest BCUT2D eigenvalue weighted by molar-refractivity contribution is 0.0612. The fraction of sp³-hybridized carbons (Fsp3) is 1.00. The minimum atomic E-state index is 0.183. The summed E-state index contributed by atoms with van der Waals surface area (Å²) in [5.74, 6) is 0. The van der Waals surface area contributed by atoms with Crippen LogP contribution in [0, 0.1) is 5.41 Å². The summed E-state index contributed by atoms with van der Waals surface area (Å²) in [6, 6.07) is 0.728. The highest BCUT2D eigenvalue weighted by atomic mass is 16.3. The Morgan fingerprint density at radius 1 is 1.16 bits per heavy atom. The molecule has 0 radical (unpaired) electrons. The molecule has 1 aliphatic carbocycles. The molecule has 2 fully saturated rings. The van der Waals surface area contributed by atoms with Crippen LogP contribution in [0.4, 0.5) is 0 Å². The molecule has 0 amide bonds. The Balaban J connectivity index is 1.86. The van der Waals surface area contributed by atoms with Gasteiger partial charge in [0.1, 0.15) is 0 Å². The molecule has 19 heavy (non-hydrogen) atoms. The van der Waals surface area contributed by atoms with Gasteiger partial charge in [0.2, 0.25) is 0 Å². The summed E-state index contributed by atoms with van der Waals surface area (Å²) in [5, 5.41) is 9.89. The molecule has 0 aromatic carbocycles. The van der Waals surface area contributed by atoms with Crippen LogP contribution >= 0.6 is 0 Å². The van der Waals surface area contributed by atoms with Gasteiger partial charge in [-0.1, -0.05) is 25.7 Å². The van der Waals surface area contributed by atoms with Crippen molar-refractivity contribution >= 4 is 0 Å². The molecule has 3 heteroatoms. The van der Waals surface area contributed by atoms with Gasteiger partial charge in [0.15, 0.2) is 0 Å². The number of aliphatic hydroxyl groups excluding tert-OH is 1. The van der Waals surface area contributed by atoms with Crippen LogP contribution in [0.1, 0.15) is 51.4 Å². The molecular formula is C16H32N2O. The molecule has 0 aromatic rings. The number of rotatable bonds is 5. The SMILES string of the molecule is CN(CC1CCCN1C)CC1(CO)CCCCCC1. The Hall–Kier alpha value is -0.120. The molecule has 1 atom stereocenters. The predicted octanol–water partition coefficient (Wildman–Crippen LogP) is 2.35. The topological polar surface area (TPSA) is 26.7 Å². The molecule has 0 spiro atoms. The lowest BCUT2D eigenvalue weighted by Crippen LogP contribution is -2.43. The van der Waals surface area contributed by atoms with Crippen LogP contribution in [-0.2, 0) is 0 Å². The van der Waals surface area contributed by atoms with Crippen LogP contribution in [0.15, 0.2) is 0 Å². The zero-order valence-electron chi connectivity index (χ0n) is 12.9. The number of nitrogens with zero attached hydrogens (tertiary/aromatic N) is 2. The maximum Gasteiger partial charge on any atom is 0.0499 e. The average molecular weight is 268 g/mol. The first kappa shape index (κ1) is 15.3. The molecule has 1 saturated carbocycles. The minimum Gasteiger partial charge on any atom is -0.396 e. The van der Waals surface area contributed by atoms with E-state index in [1.54, 1.807) is 0 Å². The van der Waals surface area contributed by atoms with E-state index in [0.717, 1.165) is 19.1 Å². The van der Waals surface area contributed by atoms with Gasteiger partial charge in [-0.3, -0.25) is 0 Å². The second kappa shape index (κ2) is 7.05. The highest BCUT2D eigenvalue weighted by Gasteiger charge is 2.32. The first-order chi connectivity index (χ1) is 9.15. The number of likely N-dealkylation sites (N-methyl/N-ethyl adjacent to an activating group) is 2. The lowest BCUT2D eigenvalue weighted by Gasteiger charge is -2.36. The lowest BCUT2D eigenvalue weighted by atomic mass is 9.80. The highest BCUT2D eigenvalue weighted by Crippen LogP contribution is 2.35. The third-order valence-corrected chi connectivity index (χ3v) is 5.30. The Kier molecular flexibility index (Phi) is 5.67. The first-order valence-electron chi connectivity index (χ1n) is 8.15. The summed E-state index contributed by atoms with van der Waals surface area (Å²) in [5.41, 5.74) is 0.183. The molecule has 1 heterocycles. The average Bonchev–Trinajstić information content (AvgIpc) is 2.66. The third kappa shape index (κ3) is 4.17. The molecule has 0 bridgehead atoms. The highest BCUT2D eigenvalue weighted by molar-refractivity contribution is 4.86. The van der Waals surface area contributed by atoms with Gasteiger partial charge in [0, 0.05) is 31.2 Å². The van der Waals surface area contributed by atoms with E-state index in [1.165, 1.54) is 57.9 Å². The number of likely N-dealkylation sites (tertiary alicyclic amines) is 1. The van der Waals surface area contributed by atoms with Crippen LogP contribution in [0.3, 0.4) is 0 Å². The zero-order chi connectivity index (χ0) is 13.7. The van der Waals surface area contributed by atoms with Crippen molar-refractivity contribution in [2.24, 2.45) is 5.41 Å². The standard InChI is InChI=1S/C16H32N2O/c1-17(12-15-8-7-11-18(15)2)13-16(14-19)9-5-3-4-6-10-16/h15,19H,3-14H2,1-2H3. The molecule has 2 aliphatic rings. The largest absolute Gasteiger partial charge is 0.396 e. The fourth-order valence-electron chi connectivity index (χ4n) is 4.05. The van der Waals surface area contributed by atoms with Gasteiger partial charge < -0.3 is 14.9 Å². The van der Waals surface area contributed by atoms with Crippen molar-refractivity contribution in [2.45, 2.75) is 57.4 Å². The fourth-order valence-corrected chi connectivity index (χ4v) is 4.05. The van der Waals surface area contributed by atoms with Gasteiger partial charge >= 0.3 is 0 Å². The maximum absolute atomic E-state index is 9.89. The molecule has 0 aromatic heterocycles. The van der Waals surface area contributed by atoms with Crippen molar-refractivity contribution in [1.29, 1.82) is 0 Å². The quantitative estimate of drug-likeness (QED) is 0.775. The van der Waals surface area contributed by atoms with Gasteiger partial charge in [0.25, 0.3) is 0 Å². The summed E-state index contributed by atoms with van der Waals surface area (Å²) >= 11 is 0. The third-order valence-electron chi connectivity index (χ3n) is 5.30. The molecule has 1 N–H and O–H groups in total. The van der Waals surface area contributed by atoms with E-state index in [9.17, 15) is 5.11 Å². The monoisotopic (exact) mass is 268 g/mol. The Labute approximate surface area is 119 Å². The van der Waals surface area contributed by atoms with E-state index in [1.807, 2.05) is 0 Å². The van der Waals surface area contributed by atoms with Crippen LogP contribution in [0.2, 0.25) is 0 Å². The van der Waals surface area contributed by atoms with Gasteiger partial charge in [-0.25, -0.2) is 0 Å². The van der Waals surface area contributed by atoms with E-state index in [-0.39, 0.29) is 5.41 Å². The van der Waals surface area contributed by atoms with Crippen molar-refractivity contribution in [1.82, 2.24) is 9.80 Å². The van der Waals surface area contributed by atoms with Gasteiger partial charge in [-0.15, -0.1) is 0 Å². The van der Waals surface area contributed by atoms with Gasteiger partial charge in [0.05, 0.1) is 0 Å².